The molecule has 0 spiro atoms. The first kappa shape index (κ1) is 15.2. The molecule has 0 aliphatic rings. The van der Waals surface area contributed by atoms with Gasteiger partial charge in [0.15, 0.2) is 0 Å². The van der Waals surface area contributed by atoms with Crippen LogP contribution in [0.4, 0.5) is 5.82 Å². The average molecular weight is 333 g/mol. The Morgan fingerprint density at radius 2 is 2.00 bits per heavy atom. The SMILES string of the molecule is Cc1c(CCN)sc2c(NCc3ccccc3)nc(Cl)nc12. The summed E-state index contributed by atoms with van der Waals surface area (Å²) in [5.74, 6) is 0.787. The number of nitrogens with two attached hydrogens (primary N) is 1. The zero-order valence-corrected chi connectivity index (χ0v) is 13.8. The van der Waals surface area contributed by atoms with Crippen molar-refractivity contribution in [2.24, 2.45) is 5.73 Å². The number of aryl methyl sites for hydroxylation is 1. The monoisotopic (exact) mass is 332 g/mol. The van der Waals surface area contributed by atoms with Crippen LogP contribution in [-0.4, -0.2) is 16.5 Å². The van der Waals surface area contributed by atoms with Crippen LogP contribution < -0.4 is 11.1 Å². The quantitative estimate of drug-likeness (QED) is 0.698. The number of benzene rings is 1. The van der Waals surface area contributed by atoms with Crippen molar-refractivity contribution >= 4 is 39.0 Å². The van der Waals surface area contributed by atoms with E-state index in [1.54, 1.807) is 11.3 Å². The first-order chi connectivity index (χ1) is 10.7. The molecule has 0 saturated carbocycles. The molecule has 2 aromatic heterocycles. The van der Waals surface area contributed by atoms with E-state index in [1.165, 1.54) is 10.4 Å². The predicted molar refractivity (Wildman–Crippen MR) is 93.7 cm³/mol. The molecule has 2 heterocycles. The molecule has 0 atom stereocenters. The number of hydrogen-bond donors (Lipinski definition) is 2. The van der Waals surface area contributed by atoms with Crippen molar-refractivity contribution < 1.29 is 0 Å². The molecule has 0 bridgehead atoms. The van der Waals surface area contributed by atoms with E-state index in [1.807, 2.05) is 18.2 Å². The number of halogens is 1. The van der Waals surface area contributed by atoms with Gasteiger partial charge in [0.05, 0.1) is 10.2 Å². The van der Waals surface area contributed by atoms with Gasteiger partial charge in [-0.05, 0) is 42.6 Å². The van der Waals surface area contributed by atoms with E-state index < -0.39 is 0 Å². The van der Waals surface area contributed by atoms with Gasteiger partial charge in [-0.1, -0.05) is 30.3 Å². The van der Waals surface area contributed by atoms with E-state index in [2.05, 4.69) is 34.3 Å². The summed E-state index contributed by atoms with van der Waals surface area (Å²) in [4.78, 5) is 9.98. The molecule has 22 heavy (non-hydrogen) atoms. The third-order valence-electron chi connectivity index (χ3n) is 3.51. The van der Waals surface area contributed by atoms with E-state index in [0.717, 1.165) is 28.0 Å². The zero-order valence-electron chi connectivity index (χ0n) is 12.3. The Kier molecular flexibility index (Phi) is 4.57. The number of fused-ring (bicyclic) bond motifs is 1. The molecule has 114 valence electrons. The van der Waals surface area contributed by atoms with Crippen LogP contribution in [0.15, 0.2) is 30.3 Å². The highest BCUT2D eigenvalue weighted by Crippen LogP contribution is 2.35. The molecule has 3 rings (SSSR count). The maximum Gasteiger partial charge on any atom is 0.224 e. The summed E-state index contributed by atoms with van der Waals surface area (Å²) in [5.41, 5.74) is 8.95. The van der Waals surface area contributed by atoms with E-state index in [-0.39, 0.29) is 5.28 Å². The smallest absolute Gasteiger partial charge is 0.224 e. The molecule has 3 aromatic rings. The summed E-state index contributed by atoms with van der Waals surface area (Å²) in [6.07, 6.45) is 0.850. The van der Waals surface area contributed by atoms with E-state index in [9.17, 15) is 0 Å². The van der Waals surface area contributed by atoms with E-state index >= 15 is 0 Å². The Hall–Kier alpha value is -1.69. The van der Waals surface area contributed by atoms with Crippen LogP contribution in [0, 0.1) is 6.92 Å². The highest BCUT2D eigenvalue weighted by atomic mass is 35.5. The summed E-state index contributed by atoms with van der Waals surface area (Å²) in [6.45, 7) is 3.39. The molecule has 0 aliphatic heterocycles. The summed E-state index contributed by atoms with van der Waals surface area (Å²) >= 11 is 7.77. The van der Waals surface area contributed by atoms with Gasteiger partial charge in [0, 0.05) is 11.4 Å². The number of anilines is 1. The molecule has 0 fully saturated rings. The molecular weight excluding hydrogens is 316 g/mol. The number of aromatic nitrogens is 2. The normalized spacial score (nSPS) is 11.0. The molecule has 6 heteroatoms. The second-order valence-electron chi connectivity index (χ2n) is 5.05. The summed E-state index contributed by atoms with van der Waals surface area (Å²) < 4.78 is 1.04. The van der Waals surface area contributed by atoms with Crippen molar-refractivity contribution in [3.63, 3.8) is 0 Å². The Morgan fingerprint density at radius 1 is 1.23 bits per heavy atom. The van der Waals surface area contributed by atoms with Crippen molar-refractivity contribution in [1.29, 1.82) is 0 Å². The van der Waals surface area contributed by atoms with E-state index in [4.69, 9.17) is 17.3 Å². The Balaban J connectivity index is 1.96. The lowest BCUT2D eigenvalue weighted by atomic mass is 10.2. The van der Waals surface area contributed by atoms with Crippen LogP contribution in [0.5, 0.6) is 0 Å². The van der Waals surface area contributed by atoms with Gasteiger partial charge >= 0.3 is 0 Å². The van der Waals surface area contributed by atoms with Gasteiger partial charge in [-0.3, -0.25) is 0 Å². The van der Waals surface area contributed by atoms with Crippen molar-refractivity contribution in [1.82, 2.24) is 9.97 Å². The van der Waals surface area contributed by atoms with Crippen LogP contribution in [0.3, 0.4) is 0 Å². The topological polar surface area (TPSA) is 63.8 Å². The Morgan fingerprint density at radius 3 is 2.73 bits per heavy atom. The third-order valence-corrected chi connectivity index (χ3v) is 5.03. The highest BCUT2D eigenvalue weighted by Gasteiger charge is 2.15. The maximum absolute atomic E-state index is 6.08. The lowest BCUT2D eigenvalue weighted by Gasteiger charge is -2.07. The molecule has 3 N–H and O–H groups in total. The van der Waals surface area contributed by atoms with Gasteiger partial charge in [0.1, 0.15) is 5.82 Å². The van der Waals surface area contributed by atoms with Gasteiger partial charge in [0.2, 0.25) is 5.28 Å². The molecule has 0 amide bonds. The first-order valence-corrected chi connectivity index (χ1v) is 8.32. The van der Waals surface area contributed by atoms with Gasteiger partial charge in [-0.25, -0.2) is 4.98 Å². The molecule has 0 saturated heterocycles. The molecule has 4 nitrogen and oxygen atoms in total. The fourth-order valence-corrected chi connectivity index (χ4v) is 3.77. The van der Waals surface area contributed by atoms with Crippen LogP contribution in [0.1, 0.15) is 16.0 Å². The molecule has 0 radical (unpaired) electrons. The van der Waals surface area contributed by atoms with Crippen molar-refractivity contribution in [2.75, 3.05) is 11.9 Å². The minimum Gasteiger partial charge on any atom is -0.365 e. The van der Waals surface area contributed by atoms with Crippen LogP contribution in [0.25, 0.3) is 10.2 Å². The predicted octanol–water partition coefficient (Wildman–Crippen LogP) is 3.77. The van der Waals surface area contributed by atoms with Crippen LogP contribution in [0.2, 0.25) is 5.28 Å². The standard InChI is InChI=1S/C16H17ClN4S/c1-10-12(7-8-18)22-14-13(10)20-16(17)21-15(14)19-9-11-5-3-2-4-6-11/h2-6H,7-9,18H2,1H3,(H,19,20,21). The summed E-state index contributed by atoms with van der Waals surface area (Å²) in [7, 11) is 0. The van der Waals surface area contributed by atoms with Crippen LogP contribution >= 0.6 is 22.9 Å². The second-order valence-corrected chi connectivity index (χ2v) is 6.49. The first-order valence-electron chi connectivity index (χ1n) is 7.12. The lowest BCUT2D eigenvalue weighted by Crippen LogP contribution is -2.02. The Bertz CT molecular complexity index is 786. The minimum atomic E-state index is 0.267. The van der Waals surface area contributed by atoms with Crippen molar-refractivity contribution in [3.8, 4) is 0 Å². The van der Waals surface area contributed by atoms with Gasteiger partial charge in [0.25, 0.3) is 0 Å². The Labute approximate surface area is 138 Å². The molecule has 1 aromatic carbocycles. The number of hydrogen-bond acceptors (Lipinski definition) is 5. The summed E-state index contributed by atoms with van der Waals surface area (Å²) in [5, 5.41) is 3.64. The number of rotatable bonds is 5. The van der Waals surface area contributed by atoms with Crippen LogP contribution in [-0.2, 0) is 13.0 Å². The van der Waals surface area contributed by atoms with Crippen molar-refractivity contribution in [2.45, 2.75) is 19.9 Å². The fourth-order valence-electron chi connectivity index (χ4n) is 2.38. The highest BCUT2D eigenvalue weighted by molar-refractivity contribution is 7.19. The fraction of sp³-hybridized carbons (Fsp3) is 0.250. The maximum atomic E-state index is 6.08. The zero-order chi connectivity index (χ0) is 15.5. The van der Waals surface area contributed by atoms with Gasteiger partial charge in [-0.15, -0.1) is 11.3 Å². The molecule has 0 aliphatic carbocycles. The molecular formula is C16H17ClN4S. The largest absolute Gasteiger partial charge is 0.365 e. The average Bonchev–Trinajstić information content (AvgIpc) is 2.83. The number of nitrogens with zero attached hydrogens (tertiary/aromatic N) is 2. The second kappa shape index (κ2) is 6.60. The van der Waals surface area contributed by atoms with Gasteiger partial charge < -0.3 is 11.1 Å². The third kappa shape index (κ3) is 3.06. The molecule has 0 unspecified atom stereocenters. The lowest BCUT2D eigenvalue weighted by molar-refractivity contribution is 0.980. The van der Waals surface area contributed by atoms with E-state index in [0.29, 0.717) is 13.1 Å². The number of thiophene rings is 1. The number of nitrogens with one attached hydrogen (secondary N) is 1. The summed E-state index contributed by atoms with van der Waals surface area (Å²) in [6, 6.07) is 10.2. The minimum absolute atomic E-state index is 0.267. The van der Waals surface area contributed by atoms with Gasteiger partial charge in [-0.2, -0.15) is 4.98 Å². The van der Waals surface area contributed by atoms with Crippen molar-refractivity contribution in [3.05, 3.63) is 51.6 Å².